The van der Waals surface area contributed by atoms with E-state index in [1.165, 1.54) is 52.0 Å². The molecule has 3 rings (SSSR count). The molecular formula is C21H32N2O5S. The van der Waals surface area contributed by atoms with Gasteiger partial charge in [-0.2, -0.15) is 0 Å². The number of nitrogens with zero attached hydrogens (tertiary/aromatic N) is 1. The third-order valence-electron chi connectivity index (χ3n) is 6.16. The summed E-state index contributed by atoms with van der Waals surface area (Å²) in [5.74, 6) is 0.0853. The van der Waals surface area contributed by atoms with Gasteiger partial charge in [-0.25, -0.2) is 8.42 Å². The maximum atomic E-state index is 12.9. The van der Waals surface area contributed by atoms with E-state index < -0.39 is 9.84 Å². The van der Waals surface area contributed by atoms with E-state index in [0.29, 0.717) is 24.4 Å². The van der Waals surface area contributed by atoms with Crippen LogP contribution in [0.25, 0.3) is 0 Å². The van der Waals surface area contributed by atoms with E-state index in [0.717, 1.165) is 19.4 Å². The van der Waals surface area contributed by atoms with Crippen LogP contribution in [0, 0.1) is 0 Å². The zero-order valence-electron chi connectivity index (χ0n) is 17.6. The van der Waals surface area contributed by atoms with Gasteiger partial charge in [0.15, 0.2) is 9.84 Å². The summed E-state index contributed by atoms with van der Waals surface area (Å²) >= 11 is 0. The van der Waals surface area contributed by atoms with Crippen molar-refractivity contribution in [3.63, 3.8) is 0 Å². The first kappa shape index (κ1) is 21.9. The number of rotatable bonds is 8. The molecule has 0 bridgehead atoms. The lowest BCUT2D eigenvalue weighted by molar-refractivity contribution is 0.0928. The Morgan fingerprint density at radius 3 is 2.41 bits per heavy atom. The summed E-state index contributed by atoms with van der Waals surface area (Å²) < 4.78 is 35.5. The number of nitrogens with one attached hydrogen (secondary N) is 1. The smallest absolute Gasteiger partial charge is 0.255 e. The van der Waals surface area contributed by atoms with E-state index in [2.05, 4.69) is 10.2 Å². The van der Waals surface area contributed by atoms with E-state index in [-0.39, 0.29) is 27.9 Å². The Morgan fingerprint density at radius 2 is 1.79 bits per heavy atom. The molecule has 1 saturated carbocycles. The second-order valence-corrected chi connectivity index (χ2v) is 10.0. The van der Waals surface area contributed by atoms with Crippen LogP contribution in [-0.4, -0.2) is 64.4 Å². The van der Waals surface area contributed by atoms with Gasteiger partial charge in [0.25, 0.3) is 5.91 Å². The maximum absolute atomic E-state index is 12.9. The molecule has 7 nitrogen and oxygen atoms in total. The van der Waals surface area contributed by atoms with Gasteiger partial charge in [-0.1, -0.05) is 19.8 Å². The van der Waals surface area contributed by atoms with Crippen LogP contribution in [0.15, 0.2) is 17.0 Å². The lowest BCUT2D eigenvalue weighted by Gasteiger charge is -2.30. The fourth-order valence-corrected chi connectivity index (χ4v) is 5.60. The van der Waals surface area contributed by atoms with E-state index in [4.69, 9.17) is 9.47 Å². The fraction of sp³-hybridized carbons (Fsp3) is 0.667. The Hall–Kier alpha value is -1.80. The molecular weight excluding hydrogens is 392 g/mol. The van der Waals surface area contributed by atoms with Gasteiger partial charge in [0.2, 0.25) is 0 Å². The summed E-state index contributed by atoms with van der Waals surface area (Å²) in [7, 11) is -0.681. The number of amides is 1. The zero-order chi connectivity index (χ0) is 21.0. The van der Waals surface area contributed by atoms with Crippen LogP contribution >= 0.6 is 0 Å². The Kier molecular flexibility index (Phi) is 7.05. The van der Waals surface area contributed by atoms with E-state index >= 15 is 0 Å². The first-order valence-corrected chi connectivity index (χ1v) is 12.1. The summed E-state index contributed by atoms with van der Waals surface area (Å²) in [5, 5.41) is 3.01. The second kappa shape index (κ2) is 9.34. The van der Waals surface area contributed by atoms with Gasteiger partial charge in [-0.05, 0) is 38.3 Å². The lowest BCUT2D eigenvalue weighted by Crippen LogP contribution is -2.44. The lowest BCUT2D eigenvalue weighted by atomic mass is 10.1. The molecule has 0 spiro atoms. The minimum Gasteiger partial charge on any atom is -0.496 e. The third kappa shape index (κ3) is 4.69. The highest BCUT2D eigenvalue weighted by atomic mass is 32.2. The van der Waals surface area contributed by atoms with Gasteiger partial charge in [0.1, 0.15) is 16.4 Å². The molecule has 1 aromatic carbocycles. The highest BCUT2D eigenvalue weighted by Gasteiger charge is 2.32. The van der Waals surface area contributed by atoms with Gasteiger partial charge in [0.05, 0.1) is 25.5 Å². The first-order valence-electron chi connectivity index (χ1n) is 10.4. The Morgan fingerprint density at radius 1 is 1.10 bits per heavy atom. The largest absolute Gasteiger partial charge is 0.496 e. The minimum absolute atomic E-state index is 0.0156. The number of ether oxygens (including phenoxy) is 2. The Balaban J connectivity index is 1.78. The predicted octanol–water partition coefficient (Wildman–Crippen LogP) is 2.63. The maximum Gasteiger partial charge on any atom is 0.255 e. The van der Waals surface area contributed by atoms with Crippen molar-refractivity contribution in [2.24, 2.45) is 0 Å². The van der Waals surface area contributed by atoms with Gasteiger partial charge < -0.3 is 14.8 Å². The van der Waals surface area contributed by atoms with Crippen LogP contribution in [-0.2, 0) is 9.84 Å². The van der Waals surface area contributed by atoms with Crippen molar-refractivity contribution in [3.8, 4) is 11.5 Å². The first-order chi connectivity index (χ1) is 13.9. The van der Waals surface area contributed by atoms with Crippen molar-refractivity contribution in [3.05, 3.63) is 17.7 Å². The van der Waals surface area contributed by atoms with Crippen molar-refractivity contribution in [1.29, 1.82) is 0 Å². The second-order valence-electron chi connectivity index (χ2n) is 7.79. The highest BCUT2D eigenvalue weighted by Crippen LogP contribution is 2.33. The molecule has 1 atom stereocenters. The average molecular weight is 425 g/mol. The molecule has 0 aromatic heterocycles. The molecule has 1 aromatic rings. The third-order valence-corrected chi connectivity index (χ3v) is 7.91. The molecule has 29 heavy (non-hydrogen) atoms. The quantitative estimate of drug-likeness (QED) is 0.691. The van der Waals surface area contributed by atoms with Crippen molar-refractivity contribution in [2.45, 2.75) is 62.4 Å². The van der Waals surface area contributed by atoms with E-state index in [1.807, 2.05) is 0 Å². The summed E-state index contributed by atoms with van der Waals surface area (Å²) in [6.45, 7) is 3.22. The normalized spacial score (nSPS) is 20.7. The Labute approximate surface area is 173 Å². The summed E-state index contributed by atoms with van der Waals surface area (Å²) in [4.78, 5) is 15.5. The summed E-state index contributed by atoms with van der Waals surface area (Å²) in [6.07, 6.45) is 7.30. The molecule has 162 valence electrons. The standard InChI is InChI=1S/C21H32N2O5S/c1-4-29(25,26)20-12-17(18(27-2)13-19(20)28-3)21(24)22-14-16-10-7-11-23(16)15-8-5-6-9-15/h12-13,15-16H,4-11,14H2,1-3H3,(H,22,24). The van der Waals surface area contributed by atoms with Crippen LogP contribution in [0.5, 0.6) is 11.5 Å². The molecule has 1 aliphatic heterocycles. The van der Waals surface area contributed by atoms with Crippen molar-refractivity contribution in [2.75, 3.05) is 33.1 Å². The molecule has 2 aliphatic rings. The molecule has 1 aliphatic carbocycles. The number of sulfone groups is 1. The van der Waals surface area contributed by atoms with Crippen LogP contribution < -0.4 is 14.8 Å². The SMILES string of the molecule is CCS(=O)(=O)c1cc(C(=O)NCC2CCCN2C2CCCC2)c(OC)cc1OC. The molecule has 1 amide bonds. The van der Waals surface area contributed by atoms with Crippen LogP contribution in [0.3, 0.4) is 0 Å². The van der Waals surface area contributed by atoms with E-state index in [9.17, 15) is 13.2 Å². The van der Waals surface area contributed by atoms with E-state index in [1.54, 1.807) is 6.92 Å². The number of benzene rings is 1. The number of likely N-dealkylation sites (tertiary alicyclic amines) is 1. The minimum atomic E-state index is -3.54. The molecule has 1 N–H and O–H groups in total. The van der Waals surface area contributed by atoms with Crippen molar-refractivity contribution < 1.29 is 22.7 Å². The van der Waals surface area contributed by atoms with Crippen LogP contribution in [0.4, 0.5) is 0 Å². The average Bonchev–Trinajstić information content (AvgIpc) is 3.42. The topological polar surface area (TPSA) is 84.9 Å². The highest BCUT2D eigenvalue weighted by molar-refractivity contribution is 7.91. The predicted molar refractivity (Wildman–Crippen MR) is 112 cm³/mol. The molecule has 0 radical (unpaired) electrons. The van der Waals surface area contributed by atoms with Gasteiger partial charge >= 0.3 is 0 Å². The molecule has 1 heterocycles. The van der Waals surface area contributed by atoms with Crippen LogP contribution in [0.1, 0.15) is 55.8 Å². The van der Waals surface area contributed by atoms with Crippen molar-refractivity contribution in [1.82, 2.24) is 10.2 Å². The number of hydrogen-bond acceptors (Lipinski definition) is 6. The summed E-state index contributed by atoms with van der Waals surface area (Å²) in [6, 6.07) is 3.81. The number of carbonyl (C=O) groups excluding carboxylic acids is 1. The fourth-order valence-electron chi connectivity index (χ4n) is 4.55. The molecule has 1 unspecified atom stereocenters. The zero-order valence-corrected chi connectivity index (χ0v) is 18.4. The Bertz CT molecular complexity index is 834. The van der Waals surface area contributed by atoms with Crippen LogP contribution in [0.2, 0.25) is 0 Å². The molecule has 2 fully saturated rings. The monoisotopic (exact) mass is 424 g/mol. The number of carbonyl (C=O) groups is 1. The number of methoxy groups -OCH3 is 2. The molecule has 8 heteroatoms. The van der Waals surface area contributed by atoms with Crippen molar-refractivity contribution >= 4 is 15.7 Å². The van der Waals surface area contributed by atoms with Gasteiger partial charge in [0, 0.05) is 24.7 Å². The van der Waals surface area contributed by atoms with Gasteiger partial charge in [-0.3, -0.25) is 9.69 Å². The summed E-state index contributed by atoms with van der Waals surface area (Å²) in [5.41, 5.74) is 0.214. The molecule has 1 saturated heterocycles. The number of hydrogen-bond donors (Lipinski definition) is 1. The van der Waals surface area contributed by atoms with Gasteiger partial charge in [-0.15, -0.1) is 0 Å².